The highest BCUT2D eigenvalue weighted by atomic mass is 16.3. The lowest BCUT2D eigenvalue weighted by Gasteiger charge is -2.04. The van der Waals surface area contributed by atoms with E-state index in [1.807, 2.05) is 13.0 Å². The van der Waals surface area contributed by atoms with Gasteiger partial charge in [0.15, 0.2) is 0 Å². The number of aryl methyl sites for hydroxylation is 1. The fourth-order valence-corrected chi connectivity index (χ4v) is 1.37. The van der Waals surface area contributed by atoms with Crippen LogP contribution in [0.4, 0.5) is 0 Å². The first-order valence-corrected chi connectivity index (χ1v) is 4.32. The first-order valence-electron chi connectivity index (χ1n) is 4.32. The molecule has 0 atom stereocenters. The van der Waals surface area contributed by atoms with Gasteiger partial charge in [0, 0.05) is 24.2 Å². The molecule has 0 aromatic carbocycles. The Labute approximate surface area is 82.1 Å². The van der Waals surface area contributed by atoms with Gasteiger partial charge >= 0.3 is 0 Å². The number of pyridine rings is 2. The molecule has 2 aromatic heterocycles. The molecular weight excluding hydrogens is 176 g/mol. The molecule has 0 spiro atoms. The van der Waals surface area contributed by atoms with Crippen LogP contribution in [0.3, 0.4) is 0 Å². The van der Waals surface area contributed by atoms with Crippen LogP contribution in [-0.4, -0.2) is 15.1 Å². The highest BCUT2D eigenvalue weighted by molar-refractivity contribution is 5.66. The van der Waals surface area contributed by atoms with E-state index in [9.17, 15) is 5.11 Å². The van der Waals surface area contributed by atoms with Crippen LogP contribution in [0.2, 0.25) is 0 Å². The van der Waals surface area contributed by atoms with Crippen LogP contribution < -0.4 is 0 Å². The lowest BCUT2D eigenvalue weighted by molar-refractivity contribution is 0.473. The SMILES string of the molecule is Cc1cnccc1-c1cncc(O)c1. The van der Waals surface area contributed by atoms with Crippen molar-refractivity contribution >= 4 is 0 Å². The van der Waals surface area contributed by atoms with E-state index >= 15 is 0 Å². The van der Waals surface area contributed by atoms with Gasteiger partial charge in [-0.3, -0.25) is 9.97 Å². The van der Waals surface area contributed by atoms with Crippen molar-refractivity contribution in [1.82, 2.24) is 9.97 Å². The number of aromatic nitrogens is 2. The minimum Gasteiger partial charge on any atom is -0.506 e. The Hall–Kier alpha value is -1.90. The van der Waals surface area contributed by atoms with Crippen LogP contribution in [-0.2, 0) is 0 Å². The average molecular weight is 186 g/mol. The Morgan fingerprint density at radius 3 is 2.71 bits per heavy atom. The lowest BCUT2D eigenvalue weighted by atomic mass is 10.1. The summed E-state index contributed by atoms with van der Waals surface area (Å²) >= 11 is 0. The number of nitrogens with zero attached hydrogens (tertiary/aromatic N) is 2. The Morgan fingerprint density at radius 2 is 2.00 bits per heavy atom. The molecule has 2 rings (SSSR count). The maximum atomic E-state index is 9.29. The minimum absolute atomic E-state index is 0.179. The van der Waals surface area contributed by atoms with Crippen LogP contribution in [0.15, 0.2) is 36.9 Å². The second-order valence-corrected chi connectivity index (χ2v) is 3.12. The summed E-state index contributed by atoms with van der Waals surface area (Å²) in [6.45, 7) is 1.98. The third-order valence-corrected chi connectivity index (χ3v) is 2.06. The third kappa shape index (κ3) is 1.57. The Morgan fingerprint density at radius 1 is 1.14 bits per heavy atom. The van der Waals surface area contributed by atoms with Crippen molar-refractivity contribution in [2.24, 2.45) is 0 Å². The zero-order valence-corrected chi connectivity index (χ0v) is 7.81. The molecule has 3 heteroatoms. The zero-order chi connectivity index (χ0) is 9.97. The maximum absolute atomic E-state index is 9.29. The fourth-order valence-electron chi connectivity index (χ4n) is 1.37. The number of rotatable bonds is 1. The summed E-state index contributed by atoms with van der Waals surface area (Å²) in [5.41, 5.74) is 3.02. The van der Waals surface area contributed by atoms with Gasteiger partial charge in [0.1, 0.15) is 5.75 Å². The fraction of sp³-hybridized carbons (Fsp3) is 0.0909. The Balaban J connectivity index is 2.55. The molecule has 0 bridgehead atoms. The standard InChI is InChI=1S/C11H10N2O/c1-8-5-12-3-2-11(8)9-4-10(14)7-13-6-9/h2-7,14H,1H3. The van der Waals surface area contributed by atoms with E-state index in [0.717, 1.165) is 16.7 Å². The Kier molecular flexibility index (Phi) is 2.14. The van der Waals surface area contributed by atoms with Crippen molar-refractivity contribution in [1.29, 1.82) is 0 Å². The van der Waals surface area contributed by atoms with Gasteiger partial charge in [0.25, 0.3) is 0 Å². The first-order chi connectivity index (χ1) is 6.77. The zero-order valence-electron chi connectivity index (χ0n) is 7.81. The molecule has 0 unspecified atom stereocenters. The van der Waals surface area contributed by atoms with Crippen LogP contribution in [0.1, 0.15) is 5.56 Å². The van der Waals surface area contributed by atoms with Crippen molar-refractivity contribution < 1.29 is 5.11 Å². The summed E-state index contributed by atoms with van der Waals surface area (Å²) in [4.78, 5) is 7.94. The van der Waals surface area contributed by atoms with Gasteiger partial charge in [0.2, 0.25) is 0 Å². The summed E-state index contributed by atoms with van der Waals surface area (Å²) in [6, 6.07) is 3.60. The van der Waals surface area contributed by atoms with Crippen LogP contribution in [0, 0.1) is 6.92 Å². The highest BCUT2D eigenvalue weighted by Crippen LogP contribution is 2.23. The van der Waals surface area contributed by atoms with E-state index in [1.54, 1.807) is 24.7 Å². The van der Waals surface area contributed by atoms with Crippen molar-refractivity contribution in [3.8, 4) is 16.9 Å². The largest absolute Gasteiger partial charge is 0.506 e. The molecule has 14 heavy (non-hydrogen) atoms. The summed E-state index contributed by atoms with van der Waals surface area (Å²) in [5.74, 6) is 0.179. The summed E-state index contributed by atoms with van der Waals surface area (Å²) in [7, 11) is 0. The summed E-state index contributed by atoms with van der Waals surface area (Å²) in [5, 5.41) is 9.29. The first kappa shape index (κ1) is 8.69. The molecule has 70 valence electrons. The molecule has 2 aromatic rings. The third-order valence-electron chi connectivity index (χ3n) is 2.06. The summed E-state index contributed by atoms with van der Waals surface area (Å²) < 4.78 is 0. The molecular formula is C11H10N2O. The van der Waals surface area contributed by atoms with Gasteiger partial charge in [-0.25, -0.2) is 0 Å². The van der Waals surface area contributed by atoms with E-state index in [4.69, 9.17) is 0 Å². The van der Waals surface area contributed by atoms with Gasteiger partial charge in [-0.15, -0.1) is 0 Å². The Bertz CT molecular complexity index is 455. The second kappa shape index (κ2) is 3.46. The van der Waals surface area contributed by atoms with Gasteiger partial charge in [-0.1, -0.05) is 0 Å². The molecule has 0 saturated heterocycles. The number of hydrogen-bond acceptors (Lipinski definition) is 3. The molecule has 0 aliphatic carbocycles. The molecule has 2 heterocycles. The average Bonchev–Trinajstić information content (AvgIpc) is 2.18. The lowest BCUT2D eigenvalue weighted by Crippen LogP contribution is -1.85. The van der Waals surface area contributed by atoms with E-state index in [-0.39, 0.29) is 5.75 Å². The highest BCUT2D eigenvalue weighted by Gasteiger charge is 2.01. The maximum Gasteiger partial charge on any atom is 0.134 e. The van der Waals surface area contributed by atoms with Crippen LogP contribution >= 0.6 is 0 Å². The van der Waals surface area contributed by atoms with Gasteiger partial charge in [-0.05, 0) is 30.2 Å². The van der Waals surface area contributed by atoms with Crippen LogP contribution in [0.25, 0.3) is 11.1 Å². The molecule has 0 saturated carbocycles. The monoisotopic (exact) mass is 186 g/mol. The number of aromatic hydroxyl groups is 1. The van der Waals surface area contributed by atoms with E-state index < -0.39 is 0 Å². The van der Waals surface area contributed by atoms with Crippen molar-refractivity contribution in [3.63, 3.8) is 0 Å². The molecule has 0 aliphatic heterocycles. The predicted molar refractivity (Wildman–Crippen MR) is 53.9 cm³/mol. The van der Waals surface area contributed by atoms with E-state index in [2.05, 4.69) is 9.97 Å². The molecule has 1 N–H and O–H groups in total. The molecule has 0 aliphatic rings. The molecule has 0 radical (unpaired) electrons. The smallest absolute Gasteiger partial charge is 0.134 e. The minimum atomic E-state index is 0.179. The molecule has 3 nitrogen and oxygen atoms in total. The van der Waals surface area contributed by atoms with Gasteiger partial charge < -0.3 is 5.11 Å². The quantitative estimate of drug-likeness (QED) is 0.742. The van der Waals surface area contributed by atoms with Gasteiger partial charge in [0.05, 0.1) is 6.20 Å². The van der Waals surface area contributed by atoms with E-state index in [0.29, 0.717) is 0 Å². The molecule has 0 fully saturated rings. The molecule has 0 amide bonds. The van der Waals surface area contributed by atoms with Crippen LogP contribution in [0.5, 0.6) is 5.75 Å². The predicted octanol–water partition coefficient (Wildman–Crippen LogP) is 2.16. The second-order valence-electron chi connectivity index (χ2n) is 3.12. The van der Waals surface area contributed by atoms with Crippen molar-refractivity contribution in [3.05, 3.63) is 42.5 Å². The van der Waals surface area contributed by atoms with Gasteiger partial charge in [-0.2, -0.15) is 0 Å². The normalized spacial score (nSPS) is 10.1. The number of hydrogen-bond donors (Lipinski definition) is 1. The topological polar surface area (TPSA) is 46.0 Å². The van der Waals surface area contributed by atoms with Crippen molar-refractivity contribution in [2.45, 2.75) is 6.92 Å². The summed E-state index contributed by atoms with van der Waals surface area (Å²) in [6.07, 6.45) is 6.66. The van der Waals surface area contributed by atoms with Crippen molar-refractivity contribution in [2.75, 3.05) is 0 Å². The van der Waals surface area contributed by atoms with E-state index in [1.165, 1.54) is 6.20 Å².